The number of amides is 1. The highest BCUT2D eigenvalue weighted by Gasteiger charge is 2.13. The van der Waals surface area contributed by atoms with Crippen molar-refractivity contribution in [3.8, 4) is 0 Å². The van der Waals surface area contributed by atoms with Gasteiger partial charge in [0.05, 0.1) is 11.3 Å². The number of carboxylic acids is 1. The lowest BCUT2D eigenvalue weighted by Gasteiger charge is -2.09. The Morgan fingerprint density at radius 2 is 1.70 bits per heavy atom. The van der Waals surface area contributed by atoms with Crippen molar-refractivity contribution in [2.75, 3.05) is 5.32 Å². The van der Waals surface area contributed by atoms with Crippen LogP contribution in [0.25, 0.3) is 0 Å². The summed E-state index contributed by atoms with van der Waals surface area (Å²) in [6, 6.07) is 11.7. The Labute approximate surface area is 117 Å². The summed E-state index contributed by atoms with van der Waals surface area (Å²) in [6.07, 6.45) is 0. The monoisotopic (exact) mass is 269 g/mol. The molecular formula is C16H15NO3. The summed E-state index contributed by atoms with van der Waals surface area (Å²) in [4.78, 5) is 23.2. The molecule has 1 amide bonds. The minimum Gasteiger partial charge on any atom is -0.478 e. The first-order valence-electron chi connectivity index (χ1n) is 6.20. The van der Waals surface area contributed by atoms with E-state index in [0.717, 1.165) is 11.1 Å². The van der Waals surface area contributed by atoms with Crippen molar-refractivity contribution in [3.05, 3.63) is 64.7 Å². The molecule has 0 atom stereocenters. The van der Waals surface area contributed by atoms with Gasteiger partial charge in [-0.05, 0) is 49.2 Å². The lowest BCUT2D eigenvalue weighted by molar-refractivity contribution is 0.0698. The summed E-state index contributed by atoms with van der Waals surface area (Å²) in [5.41, 5.74) is 3.00. The highest BCUT2D eigenvalue weighted by atomic mass is 16.4. The number of carbonyl (C=O) groups is 2. The zero-order valence-corrected chi connectivity index (χ0v) is 11.3. The van der Waals surface area contributed by atoms with E-state index in [0.29, 0.717) is 11.3 Å². The van der Waals surface area contributed by atoms with Gasteiger partial charge in [-0.2, -0.15) is 0 Å². The van der Waals surface area contributed by atoms with Crippen LogP contribution in [0.2, 0.25) is 0 Å². The lowest BCUT2D eigenvalue weighted by Crippen LogP contribution is -2.15. The molecule has 0 aliphatic rings. The van der Waals surface area contributed by atoms with Crippen molar-refractivity contribution < 1.29 is 14.7 Å². The second-order valence-corrected chi connectivity index (χ2v) is 4.60. The molecule has 4 nitrogen and oxygen atoms in total. The van der Waals surface area contributed by atoms with E-state index in [4.69, 9.17) is 5.11 Å². The van der Waals surface area contributed by atoms with Crippen molar-refractivity contribution >= 4 is 17.6 Å². The Morgan fingerprint density at radius 3 is 2.35 bits per heavy atom. The van der Waals surface area contributed by atoms with E-state index in [-0.39, 0.29) is 11.5 Å². The second-order valence-electron chi connectivity index (χ2n) is 4.60. The van der Waals surface area contributed by atoms with Crippen LogP contribution >= 0.6 is 0 Å². The van der Waals surface area contributed by atoms with E-state index in [1.165, 1.54) is 6.07 Å². The molecule has 0 unspecified atom stereocenters. The van der Waals surface area contributed by atoms with Crippen molar-refractivity contribution in [1.29, 1.82) is 0 Å². The normalized spacial score (nSPS) is 10.1. The van der Waals surface area contributed by atoms with Crippen LogP contribution in [0.4, 0.5) is 5.69 Å². The molecule has 2 aromatic carbocycles. The number of hydrogen-bond donors (Lipinski definition) is 2. The van der Waals surface area contributed by atoms with Crippen LogP contribution in [0.15, 0.2) is 42.5 Å². The number of rotatable bonds is 3. The number of nitrogens with one attached hydrogen (secondary N) is 1. The highest BCUT2D eigenvalue weighted by molar-refractivity contribution is 6.07. The second kappa shape index (κ2) is 5.57. The molecule has 0 spiro atoms. The summed E-state index contributed by atoms with van der Waals surface area (Å²) in [5, 5.41) is 11.7. The van der Waals surface area contributed by atoms with Gasteiger partial charge < -0.3 is 10.4 Å². The number of aryl methyl sites for hydroxylation is 2. The third-order valence-corrected chi connectivity index (χ3v) is 3.17. The van der Waals surface area contributed by atoms with Crippen LogP contribution < -0.4 is 5.32 Å². The molecule has 2 aromatic rings. The van der Waals surface area contributed by atoms with Crippen LogP contribution in [-0.2, 0) is 0 Å². The fraction of sp³-hybridized carbons (Fsp3) is 0.125. The Bertz CT molecular complexity index is 677. The van der Waals surface area contributed by atoms with Gasteiger partial charge in [0.25, 0.3) is 5.91 Å². The average molecular weight is 269 g/mol. The maximum Gasteiger partial charge on any atom is 0.337 e. The van der Waals surface area contributed by atoms with Gasteiger partial charge in [-0.25, -0.2) is 4.79 Å². The van der Waals surface area contributed by atoms with Gasteiger partial charge in [0, 0.05) is 5.56 Å². The summed E-state index contributed by atoms with van der Waals surface area (Å²) in [5.74, 6) is -1.39. The topological polar surface area (TPSA) is 66.4 Å². The summed E-state index contributed by atoms with van der Waals surface area (Å²) < 4.78 is 0. The number of carboxylic acid groups (broad SMARTS) is 1. The molecule has 0 aromatic heterocycles. The van der Waals surface area contributed by atoms with Crippen LogP contribution in [0.5, 0.6) is 0 Å². The van der Waals surface area contributed by atoms with Crippen LogP contribution in [-0.4, -0.2) is 17.0 Å². The minimum absolute atomic E-state index is 0.0738. The zero-order chi connectivity index (χ0) is 14.7. The van der Waals surface area contributed by atoms with Crippen LogP contribution in [0.3, 0.4) is 0 Å². The van der Waals surface area contributed by atoms with E-state index in [9.17, 15) is 9.59 Å². The lowest BCUT2D eigenvalue weighted by atomic mass is 10.1. The predicted octanol–water partition coefficient (Wildman–Crippen LogP) is 3.25. The van der Waals surface area contributed by atoms with Gasteiger partial charge in [-0.3, -0.25) is 4.79 Å². The minimum atomic E-state index is -1.07. The molecular weight excluding hydrogens is 254 g/mol. The third kappa shape index (κ3) is 2.85. The number of aromatic carboxylic acids is 1. The van der Waals surface area contributed by atoms with E-state index in [2.05, 4.69) is 5.32 Å². The van der Waals surface area contributed by atoms with E-state index >= 15 is 0 Å². The first-order chi connectivity index (χ1) is 9.49. The van der Waals surface area contributed by atoms with Crippen molar-refractivity contribution in [2.45, 2.75) is 13.8 Å². The van der Waals surface area contributed by atoms with Gasteiger partial charge in [-0.15, -0.1) is 0 Å². The van der Waals surface area contributed by atoms with E-state index < -0.39 is 5.97 Å². The fourth-order valence-electron chi connectivity index (χ4n) is 1.86. The van der Waals surface area contributed by atoms with Gasteiger partial charge in [0.1, 0.15) is 0 Å². The number of para-hydroxylation sites is 1. The molecule has 2 rings (SSSR count). The van der Waals surface area contributed by atoms with Gasteiger partial charge in [0.2, 0.25) is 0 Å². The van der Waals surface area contributed by atoms with Crippen LogP contribution in [0, 0.1) is 13.8 Å². The standard InChI is InChI=1S/C16H15NO3/c1-10-7-8-12(9-11(10)2)15(18)17-14-6-4-3-5-13(14)16(19)20/h3-9H,1-2H3,(H,17,18)(H,19,20). The number of anilines is 1. The Kier molecular flexibility index (Phi) is 3.84. The fourth-order valence-corrected chi connectivity index (χ4v) is 1.86. The quantitative estimate of drug-likeness (QED) is 0.898. The molecule has 0 bridgehead atoms. The van der Waals surface area contributed by atoms with E-state index in [1.807, 2.05) is 19.9 Å². The molecule has 0 saturated heterocycles. The average Bonchev–Trinajstić information content (AvgIpc) is 2.42. The van der Waals surface area contributed by atoms with E-state index in [1.54, 1.807) is 30.3 Å². The number of benzene rings is 2. The first kappa shape index (κ1) is 13.8. The molecule has 0 aliphatic carbocycles. The molecule has 2 N–H and O–H groups in total. The summed E-state index contributed by atoms with van der Waals surface area (Å²) in [6.45, 7) is 3.90. The van der Waals surface area contributed by atoms with Gasteiger partial charge in [0.15, 0.2) is 0 Å². The van der Waals surface area contributed by atoms with Gasteiger partial charge >= 0.3 is 5.97 Å². The van der Waals surface area contributed by atoms with Gasteiger partial charge in [-0.1, -0.05) is 18.2 Å². The smallest absolute Gasteiger partial charge is 0.337 e. The Morgan fingerprint density at radius 1 is 1.00 bits per heavy atom. The SMILES string of the molecule is Cc1ccc(C(=O)Nc2ccccc2C(=O)O)cc1C. The highest BCUT2D eigenvalue weighted by Crippen LogP contribution is 2.17. The maximum atomic E-state index is 12.1. The number of carbonyl (C=O) groups excluding carboxylic acids is 1. The maximum absolute atomic E-state index is 12.1. The Hall–Kier alpha value is -2.62. The molecule has 0 aliphatic heterocycles. The summed E-state index contributed by atoms with van der Waals surface area (Å²) in [7, 11) is 0. The molecule has 20 heavy (non-hydrogen) atoms. The molecule has 0 heterocycles. The molecule has 0 radical (unpaired) electrons. The Balaban J connectivity index is 2.28. The third-order valence-electron chi connectivity index (χ3n) is 3.17. The predicted molar refractivity (Wildman–Crippen MR) is 77.3 cm³/mol. The first-order valence-corrected chi connectivity index (χ1v) is 6.20. The largest absolute Gasteiger partial charge is 0.478 e. The molecule has 0 fully saturated rings. The van der Waals surface area contributed by atoms with Crippen molar-refractivity contribution in [3.63, 3.8) is 0 Å². The van der Waals surface area contributed by atoms with Crippen molar-refractivity contribution in [1.82, 2.24) is 0 Å². The van der Waals surface area contributed by atoms with Crippen LogP contribution in [0.1, 0.15) is 31.8 Å². The number of hydrogen-bond acceptors (Lipinski definition) is 2. The molecule has 102 valence electrons. The summed E-state index contributed by atoms with van der Waals surface area (Å²) >= 11 is 0. The molecule has 0 saturated carbocycles. The zero-order valence-electron chi connectivity index (χ0n) is 11.3. The molecule has 4 heteroatoms. The van der Waals surface area contributed by atoms with Crippen molar-refractivity contribution in [2.24, 2.45) is 0 Å².